The van der Waals surface area contributed by atoms with E-state index in [0.717, 1.165) is 5.56 Å². The summed E-state index contributed by atoms with van der Waals surface area (Å²) in [6, 6.07) is 9.50. The smallest absolute Gasteiger partial charge is 0.229 e. The van der Waals surface area contributed by atoms with Crippen molar-refractivity contribution in [1.82, 2.24) is 0 Å². The average molecular weight is 377 g/mol. The first-order chi connectivity index (χ1) is 12.4. The first-order valence-electron chi connectivity index (χ1n) is 8.10. The van der Waals surface area contributed by atoms with Crippen LogP contribution in [0.5, 0.6) is 5.75 Å². The number of hydrogen-bond acceptors (Lipinski definition) is 3. The number of aryl methyl sites for hydroxylation is 1. The van der Waals surface area contributed by atoms with Gasteiger partial charge in [-0.25, -0.2) is 4.39 Å². The van der Waals surface area contributed by atoms with Crippen molar-refractivity contribution in [2.24, 2.45) is 5.92 Å². The zero-order valence-electron chi connectivity index (χ0n) is 14.4. The largest absolute Gasteiger partial charge is 0.495 e. The van der Waals surface area contributed by atoms with E-state index in [1.165, 1.54) is 25.3 Å². The molecule has 3 rings (SSSR count). The van der Waals surface area contributed by atoms with Crippen molar-refractivity contribution >= 4 is 34.8 Å². The number of nitrogens with one attached hydrogen (secondary N) is 1. The van der Waals surface area contributed by atoms with Gasteiger partial charge in [0.05, 0.1) is 23.7 Å². The summed E-state index contributed by atoms with van der Waals surface area (Å²) < 4.78 is 18.6. The summed E-state index contributed by atoms with van der Waals surface area (Å²) in [6.45, 7) is 2.17. The number of halogens is 2. The molecule has 2 aromatic rings. The monoisotopic (exact) mass is 376 g/mol. The minimum atomic E-state index is -0.557. The number of rotatable bonds is 4. The summed E-state index contributed by atoms with van der Waals surface area (Å²) in [4.78, 5) is 26.5. The van der Waals surface area contributed by atoms with Gasteiger partial charge in [-0.2, -0.15) is 0 Å². The molecule has 1 saturated heterocycles. The second kappa shape index (κ2) is 7.33. The van der Waals surface area contributed by atoms with E-state index in [9.17, 15) is 14.0 Å². The maximum Gasteiger partial charge on any atom is 0.229 e. The molecule has 1 N–H and O–H groups in total. The zero-order chi connectivity index (χ0) is 18.8. The first-order valence-corrected chi connectivity index (χ1v) is 8.47. The minimum absolute atomic E-state index is 0.0728. The third-order valence-corrected chi connectivity index (χ3v) is 4.60. The molecule has 1 atom stereocenters. The molecule has 7 heteroatoms. The number of carbonyl (C=O) groups excluding carboxylic acids is 2. The van der Waals surface area contributed by atoms with Crippen LogP contribution in [-0.2, 0) is 9.59 Å². The van der Waals surface area contributed by atoms with E-state index in [0.29, 0.717) is 17.1 Å². The van der Waals surface area contributed by atoms with Gasteiger partial charge in [-0.3, -0.25) is 9.59 Å². The molecule has 136 valence electrons. The maximum atomic E-state index is 13.2. The highest BCUT2D eigenvalue weighted by atomic mass is 35.5. The van der Waals surface area contributed by atoms with Gasteiger partial charge in [-0.1, -0.05) is 17.7 Å². The molecule has 0 bridgehead atoms. The Morgan fingerprint density at radius 2 is 2.08 bits per heavy atom. The van der Waals surface area contributed by atoms with Gasteiger partial charge >= 0.3 is 0 Å². The molecule has 1 unspecified atom stereocenters. The summed E-state index contributed by atoms with van der Waals surface area (Å²) in [5.74, 6) is -0.952. The SMILES string of the molecule is COc1ccc(C)cc1N1CC(C(=O)Nc2ccc(F)c(Cl)c2)CC1=O. The molecule has 0 radical (unpaired) electrons. The van der Waals surface area contributed by atoms with Crippen molar-refractivity contribution in [3.8, 4) is 5.75 Å². The van der Waals surface area contributed by atoms with Crippen LogP contribution in [0.3, 0.4) is 0 Å². The zero-order valence-corrected chi connectivity index (χ0v) is 15.1. The number of methoxy groups -OCH3 is 1. The van der Waals surface area contributed by atoms with Gasteiger partial charge < -0.3 is 15.0 Å². The number of nitrogens with zero attached hydrogens (tertiary/aromatic N) is 1. The van der Waals surface area contributed by atoms with Crippen LogP contribution in [0.1, 0.15) is 12.0 Å². The third kappa shape index (κ3) is 3.65. The van der Waals surface area contributed by atoms with Crippen LogP contribution in [0.15, 0.2) is 36.4 Å². The molecule has 5 nitrogen and oxygen atoms in total. The Bertz CT molecular complexity index is 872. The van der Waals surface area contributed by atoms with E-state index in [1.54, 1.807) is 11.0 Å². The van der Waals surface area contributed by atoms with Crippen molar-refractivity contribution in [3.05, 3.63) is 52.8 Å². The van der Waals surface area contributed by atoms with Crippen molar-refractivity contribution < 1.29 is 18.7 Å². The molecule has 1 aliphatic heterocycles. The quantitative estimate of drug-likeness (QED) is 0.883. The van der Waals surface area contributed by atoms with Gasteiger partial charge in [-0.15, -0.1) is 0 Å². The van der Waals surface area contributed by atoms with E-state index in [4.69, 9.17) is 16.3 Å². The van der Waals surface area contributed by atoms with Crippen molar-refractivity contribution in [2.45, 2.75) is 13.3 Å². The number of amides is 2. The highest BCUT2D eigenvalue weighted by Crippen LogP contribution is 2.34. The maximum absolute atomic E-state index is 13.2. The fraction of sp³-hybridized carbons (Fsp3) is 0.263. The third-order valence-electron chi connectivity index (χ3n) is 4.31. The summed E-state index contributed by atoms with van der Waals surface area (Å²) >= 11 is 5.73. The number of ether oxygens (including phenoxy) is 1. The van der Waals surface area contributed by atoms with Crippen LogP contribution in [0.25, 0.3) is 0 Å². The Balaban J connectivity index is 1.76. The molecule has 1 heterocycles. The lowest BCUT2D eigenvalue weighted by molar-refractivity contribution is -0.122. The fourth-order valence-corrected chi connectivity index (χ4v) is 3.13. The van der Waals surface area contributed by atoms with Crippen LogP contribution >= 0.6 is 11.6 Å². The highest BCUT2D eigenvalue weighted by Gasteiger charge is 2.36. The van der Waals surface area contributed by atoms with E-state index in [1.807, 2.05) is 19.1 Å². The molecule has 1 fully saturated rings. The minimum Gasteiger partial charge on any atom is -0.495 e. The lowest BCUT2D eigenvalue weighted by atomic mass is 10.1. The number of hydrogen-bond donors (Lipinski definition) is 1. The molecular weight excluding hydrogens is 359 g/mol. The molecule has 2 amide bonds. The molecule has 1 aliphatic rings. The van der Waals surface area contributed by atoms with Crippen LogP contribution in [-0.4, -0.2) is 25.5 Å². The molecule has 26 heavy (non-hydrogen) atoms. The predicted octanol–water partition coefficient (Wildman–Crippen LogP) is 3.79. The molecular formula is C19H18ClFN2O3. The average Bonchev–Trinajstić information content (AvgIpc) is 3.00. The summed E-state index contributed by atoms with van der Waals surface area (Å²) in [5, 5.41) is 2.61. The molecule has 0 aromatic heterocycles. The summed E-state index contributed by atoms with van der Waals surface area (Å²) in [5.41, 5.74) is 2.03. The van der Waals surface area contributed by atoms with Crippen LogP contribution < -0.4 is 15.0 Å². The number of carbonyl (C=O) groups is 2. The Morgan fingerprint density at radius 3 is 2.77 bits per heavy atom. The van der Waals surface area contributed by atoms with E-state index < -0.39 is 11.7 Å². The molecule has 0 saturated carbocycles. The Morgan fingerprint density at radius 1 is 1.31 bits per heavy atom. The normalized spacial score (nSPS) is 16.7. The molecule has 0 spiro atoms. The Labute approximate surface area is 155 Å². The topological polar surface area (TPSA) is 58.6 Å². The van der Waals surface area contributed by atoms with E-state index in [-0.39, 0.29) is 29.8 Å². The van der Waals surface area contributed by atoms with Crippen LogP contribution in [0.2, 0.25) is 5.02 Å². The van der Waals surface area contributed by atoms with Crippen LogP contribution in [0.4, 0.5) is 15.8 Å². The van der Waals surface area contributed by atoms with Gasteiger partial charge in [0, 0.05) is 18.7 Å². The van der Waals surface area contributed by atoms with Gasteiger partial charge in [0.1, 0.15) is 11.6 Å². The second-order valence-corrected chi connectivity index (χ2v) is 6.61. The van der Waals surface area contributed by atoms with Gasteiger partial charge in [0.2, 0.25) is 11.8 Å². The predicted molar refractivity (Wildman–Crippen MR) is 98.2 cm³/mol. The lowest BCUT2D eigenvalue weighted by Gasteiger charge is -2.20. The molecule has 2 aromatic carbocycles. The van der Waals surface area contributed by atoms with Crippen molar-refractivity contribution in [2.75, 3.05) is 23.9 Å². The van der Waals surface area contributed by atoms with Crippen molar-refractivity contribution in [1.29, 1.82) is 0 Å². The van der Waals surface area contributed by atoms with Gasteiger partial charge in [0.25, 0.3) is 0 Å². The van der Waals surface area contributed by atoms with Gasteiger partial charge in [-0.05, 0) is 42.8 Å². The number of benzene rings is 2. The fourth-order valence-electron chi connectivity index (χ4n) is 2.95. The first kappa shape index (κ1) is 18.2. The van der Waals surface area contributed by atoms with E-state index >= 15 is 0 Å². The van der Waals surface area contributed by atoms with Gasteiger partial charge in [0.15, 0.2) is 0 Å². The van der Waals surface area contributed by atoms with Crippen LogP contribution in [0, 0.1) is 18.7 Å². The standard InChI is InChI=1S/C19H18ClFN2O3/c1-11-3-6-17(26-2)16(7-11)23-10-12(8-18(23)24)19(25)22-13-4-5-15(21)14(20)9-13/h3-7,9,12H,8,10H2,1-2H3,(H,22,25). The van der Waals surface area contributed by atoms with E-state index in [2.05, 4.69) is 5.32 Å². The Hall–Kier alpha value is -2.60. The summed E-state index contributed by atoms with van der Waals surface area (Å²) in [7, 11) is 1.54. The second-order valence-electron chi connectivity index (χ2n) is 6.20. The van der Waals surface area contributed by atoms with Crippen molar-refractivity contribution in [3.63, 3.8) is 0 Å². The number of anilines is 2. The lowest BCUT2D eigenvalue weighted by Crippen LogP contribution is -2.28. The molecule has 0 aliphatic carbocycles. The summed E-state index contributed by atoms with van der Waals surface area (Å²) in [6.07, 6.45) is 0.0951. The highest BCUT2D eigenvalue weighted by molar-refractivity contribution is 6.31. The Kier molecular flexibility index (Phi) is 5.13.